The molecule has 70 valence electrons. The van der Waals surface area contributed by atoms with Crippen LogP contribution in [0.25, 0.3) is 11.1 Å². The van der Waals surface area contributed by atoms with Crippen molar-refractivity contribution in [3.8, 4) is 0 Å². The molecule has 0 aliphatic carbocycles. The van der Waals surface area contributed by atoms with Gasteiger partial charge in [0.15, 0.2) is 11.5 Å². The standard InChI is InChI=1S/C10H8N2OS/c1-2-10-12-8-5-7(11-6-14)3-4-9(8)13-10/h3-5H,2H2,1H3. The number of aryl methyl sites for hydroxylation is 1. The van der Waals surface area contributed by atoms with Crippen LogP contribution in [0.5, 0.6) is 0 Å². The fourth-order valence-electron chi connectivity index (χ4n) is 1.24. The molecule has 0 bridgehead atoms. The zero-order chi connectivity index (χ0) is 9.97. The normalized spacial score (nSPS) is 10.1. The van der Waals surface area contributed by atoms with E-state index in [1.54, 1.807) is 0 Å². The van der Waals surface area contributed by atoms with Gasteiger partial charge in [0.25, 0.3) is 0 Å². The Morgan fingerprint density at radius 3 is 3.14 bits per heavy atom. The summed E-state index contributed by atoms with van der Waals surface area (Å²) in [4.78, 5) is 8.16. The Balaban J connectivity index is 2.59. The Morgan fingerprint density at radius 1 is 1.57 bits per heavy atom. The summed E-state index contributed by atoms with van der Waals surface area (Å²) < 4.78 is 5.45. The van der Waals surface area contributed by atoms with E-state index in [0.29, 0.717) is 0 Å². The van der Waals surface area contributed by atoms with Gasteiger partial charge in [0.2, 0.25) is 0 Å². The number of thiocarbonyl (C=S) groups is 1. The average molecular weight is 204 g/mol. The Labute approximate surface area is 86.5 Å². The van der Waals surface area contributed by atoms with Crippen LogP contribution in [0.4, 0.5) is 5.69 Å². The van der Waals surface area contributed by atoms with Crippen LogP contribution in [0.1, 0.15) is 12.8 Å². The third-order valence-corrected chi connectivity index (χ3v) is 1.98. The van der Waals surface area contributed by atoms with Gasteiger partial charge < -0.3 is 4.42 Å². The minimum atomic E-state index is 0.739. The van der Waals surface area contributed by atoms with Crippen molar-refractivity contribution in [1.29, 1.82) is 0 Å². The van der Waals surface area contributed by atoms with Crippen LogP contribution in [0.3, 0.4) is 0 Å². The molecule has 1 heterocycles. The quantitative estimate of drug-likeness (QED) is 0.557. The van der Waals surface area contributed by atoms with E-state index in [9.17, 15) is 0 Å². The summed E-state index contributed by atoms with van der Waals surface area (Å²) in [5, 5.41) is 2.32. The molecular weight excluding hydrogens is 196 g/mol. The lowest BCUT2D eigenvalue weighted by Gasteiger charge is -1.88. The van der Waals surface area contributed by atoms with Crippen molar-refractivity contribution in [3.63, 3.8) is 0 Å². The van der Waals surface area contributed by atoms with E-state index in [2.05, 4.69) is 27.4 Å². The topological polar surface area (TPSA) is 38.4 Å². The van der Waals surface area contributed by atoms with E-state index in [-0.39, 0.29) is 0 Å². The molecule has 0 saturated carbocycles. The van der Waals surface area contributed by atoms with Crippen LogP contribution in [0.2, 0.25) is 0 Å². The van der Waals surface area contributed by atoms with Crippen molar-refractivity contribution in [2.24, 2.45) is 4.99 Å². The van der Waals surface area contributed by atoms with E-state index in [1.165, 1.54) is 0 Å². The highest BCUT2D eigenvalue weighted by atomic mass is 32.1. The van der Waals surface area contributed by atoms with E-state index >= 15 is 0 Å². The van der Waals surface area contributed by atoms with Crippen molar-refractivity contribution >= 4 is 34.2 Å². The number of hydrogen-bond donors (Lipinski definition) is 0. The first-order valence-electron chi connectivity index (χ1n) is 4.31. The Bertz CT molecular complexity index is 512. The summed E-state index contributed by atoms with van der Waals surface area (Å²) in [5.41, 5.74) is 2.35. The maximum Gasteiger partial charge on any atom is 0.195 e. The predicted octanol–water partition coefficient (Wildman–Crippen LogP) is 3.12. The lowest BCUT2D eigenvalue weighted by atomic mass is 10.3. The van der Waals surface area contributed by atoms with Gasteiger partial charge in [0.05, 0.1) is 10.8 Å². The molecule has 0 atom stereocenters. The molecular formula is C10H8N2OS. The third-order valence-electron chi connectivity index (χ3n) is 1.89. The summed E-state index contributed by atoms with van der Waals surface area (Å²) in [6.45, 7) is 2.00. The molecule has 0 amide bonds. The molecule has 0 N–H and O–H groups in total. The zero-order valence-corrected chi connectivity index (χ0v) is 8.47. The van der Waals surface area contributed by atoms with Gasteiger partial charge in [0.1, 0.15) is 5.52 Å². The molecule has 14 heavy (non-hydrogen) atoms. The summed E-state index contributed by atoms with van der Waals surface area (Å²) in [6, 6.07) is 5.50. The summed E-state index contributed by atoms with van der Waals surface area (Å²) in [5.74, 6) is 0.739. The molecule has 0 saturated heterocycles. The smallest absolute Gasteiger partial charge is 0.195 e. The van der Waals surface area contributed by atoms with Gasteiger partial charge >= 0.3 is 0 Å². The molecule has 0 unspecified atom stereocenters. The number of oxazole rings is 1. The molecule has 0 aliphatic rings. The van der Waals surface area contributed by atoms with Gasteiger partial charge in [-0.15, -0.1) is 0 Å². The second-order valence-corrected chi connectivity index (χ2v) is 3.00. The lowest BCUT2D eigenvalue weighted by molar-refractivity contribution is 0.538. The number of hydrogen-bond acceptors (Lipinski definition) is 4. The van der Waals surface area contributed by atoms with E-state index in [0.717, 1.165) is 29.1 Å². The molecule has 0 spiro atoms. The Morgan fingerprint density at radius 2 is 2.43 bits per heavy atom. The van der Waals surface area contributed by atoms with Crippen LogP contribution >= 0.6 is 12.2 Å². The predicted molar refractivity (Wildman–Crippen MR) is 58.1 cm³/mol. The van der Waals surface area contributed by atoms with Crippen LogP contribution in [-0.2, 0) is 6.42 Å². The molecule has 3 nitrogen and oxygen atoms in total. The van der Waals surface area contributed by atoms with Crippen LogP contribution < -0.4 is 0 Å². The minimum absolute atomic E-state index is 0.739. The van der Waals surface area contributed by atoms with Crippen molar-refractivity contribution < 1.29 is 4.42 Å². The summed E-state index contributed by atoms with van der Waals surface area (Å²) in [6.07, 6.45) is 0.792. The van der Waals surface area contributed by atoms with Crippen molar-refractivity contribution in [2.45, 2.75) is 13.3 Å². The van der Waals surface area contributed by atoms with Gasteiger partial charge in [-0.3, -0.25) is 0 Å². The number of aliphatic imine (C=N–C) groups is 1. The molecule has 2 aromatic rings. The molecule has 0 aliphatic heterocycles. The molecule has 4 heteroatoms. The number of fused-ring (bicyclic) bond motifs is 1. The number of benzene rings is 1. The minimum Gasteiger partial charge on any atom is -0.441 e. The van der Waals surface area contributed by atoms with Crippen molar-refractivity contribution in [1.82, 2.24) is 4.98 Å². The summed E-state index contributed by atoms with van der Waals surface area (Å²) >= 11 is 4.52. The second-order valence-electron chi connectivity index (χ2n) is 2.82. The largest absolute Gasteiger partial charge is 0.441 e. The average Bonchev–Trinajstić information content (AvgIpc) is 2.60. The fraction of sp³-hybridized carbons (Fsp3) is 0.200. The first-order valence-corrected chi connectivity index (χ1v) is 4.71. The van der Waals surface area contributed by atoms with Gasteiger partial charge in [0, 0.05) is 6.42 Å². The summed E-state index contributed by atoms with van der Waals surface area (Å²) in [7, 11) is 0. The van der Waals surface area contributed by atoms with Gasteiger partial charge in [-0.2, -0.15) is 4.99 Å². The highest BCUT2D eigenvalue weighted by Gasteiger charge is 2.03. The zero-order valence-electron chi connectivity index (χ0n) is 7.65. The highest BCUT2D eigenvalue weighted by molar-refractivity contribution is 7.78. The Kier molecular flexibility index (Phi) is 2.39. The molecule has 2 rings (SSSR count). The Hall–Kier alpha value is -1.51. The SMILES string of the molecule is CCc1nc2cc(N=C=S)ccc2o1. The number of isothiocyanates is 1. The first kappa shape index (κ1) is 9.06. The third kappa shape index (κ3) is 1.58. The maximum absolute atomic E-state index is 5.45. The van der Waals surface area contributed by atoms with Crippen molar-refractivity contribution in [3.05, 3.63) is 24.1 Å². The van der Waals surface area contributed by atoms with Crippen molar-refractivity contribution in [2.75, 3.05) is 0 Å². The number of rotatable bonds is 2. The van der Waals surface area contributed by atoms with E-state index < -0.39 is 0 Å². The van der Waals surface area contributed by atoms with Gasteiger partial charge in [-0.25, -0.2) is 4.98 Å². The van der Waals surface area contributed by atoms with Crippen LogP contribution in [0, 0.1) is 0 Å². The monoisotopic (exact) mass is 204 g/mol. The van der Waals surface area contributed by atoms with E-state index in [4.69, 9.17) is 4.42 Å². The second kappa shape index (κ2) is 3.70. The number of nitrogens with zero attached hydrogens (tertiary/aromatic N) is 2. The van der Waals surface area contributed by atoms with Crippen LogP contribution in [0.15, 0.2) is 27.6 Å². The van der Waals surface area contributed by atoms with Gasteiger partial charge in [-0.1, -0.05) is 6.92 Å². The maximum atomic E-state index is 5.45. The van der Waals surface area contributed by atoms with E-state index in [1.807, 2.05) is 25.1 Å². The lowest BCUT2D eigenvalue weighted by Crippen LogP contribution is -1.75. The molecule has 1 aromatic heterocycles. The molecule has 0 fully saturated rings. The van der Waals surface area contributed by atoms with Gasteiger partial charge in [-0.05, 0) is 30.4 Å². The molecule has 0 radical (unpaired) electrons. The first-order chi connectivity index (χ1) is 6.83. The number of aromatic nitrogens is 1. The molecule has 1 aromatic carbocycles. The van der Waals surface area contributed by atoms with Crippen LogP contribution in [-0.4, -0.2) is 10.1 Å². The fourth-order valence-corrected chi connectivity index (χ4v) is 1.34. The highest BCUT2D eigenvalue weighted by Crippen LogP contribution is 2.21.